The van der Waals surface area contributed by atoms with Crippen LogP contribution in [-0.2, 0) is 16.0 Å². The van der Waals surface area contributed by atoms with Crippen molar-refractivity contribution in [1.29, 1.82) is 0 Å². The highest BCUT2D eigenvalue weighted by atomic mass is 16.5. The molecule has 0 bridgehead atoms. The third kappa shape index (κ3) is 7.69. The van der Waals surface area contributed by atoms with Crippen molar-refractivity contribution in [1.82, 2.24) is 0 Å². The lowest BCUT2D eigenvalue weighted by Crippen LogP contribution is -2.07. The molecule has 2 heteroatoms. The van der Waals surface area contributed by atoms with Gasteiger partial charge in [-0.1, -0.05) is 56.7 Å². The van der Waals surface area contributed by atoms with Gasteiger partial charge < -0.3 is 4.74 Å². The molecule has 0 saturated heterocycles. The van der Waals surface area contributed by atoms with Gasteiger partial charge in [-0.15, -0.1) is 0 Å². The Morgan fingerprint density at radius 3 is 2.52 bits per heavy atom. The summed E-state index contributed by atoms with van der Waals surface area (Å²) in [7, 11) is 0. The second kappa shape index (κ2) is 10.2. The van der Waals surface area contributed by atoms with Crippen molar-refractivity contribution in [2.45, 2.75) is 52.4 Å². The molecular formula is C19H28O2. The first-order valence-electron chi connectivity index (χ1n) is 8.02. The van der Waals surface area contributed by atoms with E-state index < -0.39 is 0 Å². The van der Waals surface area contributed by atoms with Crippen LogP contribution in [0.15, 0.2) is 42.5 Å². The van der Waals surface area contributed by atoms with Crippen LogP contribution in [0.1, 0.15) is 51.5 Å². The van der Waals surface area contributed by atoms with Gasteiger partial charge in [0.2, 0.25) is 0 Å². The van der Waals surface area contributed by atoms with E-state index in [4.69, 9.17) is 4.74 Å². The lowest BCUT2D eigenvalue weighted by Gasteiger charge is -2.11. The average molecular weight is 288 g/mol. The Bertz CT molecular complexity index is 422. The first-order valence-corrected chi connectivity index (χ1v) is 8.02. The van der Waals surface area contributed by atoms with E-state index in [-0.39, 0.29) is 5.97 Å². The first-order chi connectivity index (χ1) is 10.1. The fourth-order valence-electron chi connectivity index (χ4n) is 2.44. The van der Waals surface area contributed by atoms with Crippen molar-refractivity contribution in [3.63, 3.8) is 0 Å². The molecule has 21 heavy (non-hydrogen) atoms. The molecule has 0 spiro atoms. The number of ether oxygens (including phenoxy) is 1. The molecule has 1 unspecified atom stereocenters. The van der Waals surface area contributed by atoms with E-state index in [1.165, 1.54) is 18.4 Å². The Hall–Kier alpha value is -1.57. The number of carbonyl (C=O) groups is 1. The number of esters is 1. The molecule has 1 rings (SSSR count). The molecule has 1 aromatic carbocycles. The van der Waals surface area contributed by atoms with Crippen LogP contribution in [0.2, 0.25) is 0 Å². The standard InChI is InChI=1S/C19H28O2/c1-4-21-19(20)17(3)12-8-10-16(2)11-9-15-18-13-6-5-7-14-18/h5-7,13-14,16H,3-4,8-12,15H2,1-2H3. The van der Waals surface area contributed by atoms with Gasteiger partial charge in [0.25, 0.3) is 0 Å². The van der Waals surface area contributed by atoms with Crippen LogP contribution in [0.5, 0.6) is 0 Å². The van der Waals surface area contributed by atoms with Gasteiger partial charge in [0.1, 0.15) is 0 Å². The minimum absolute atomic E-state index is 0.241. The van der Waals surface area contributed by atoms with Crippen LogP contribution in [0, 0.1) is 5.92 Å². The number of aryl methyl sites for hydroxylation is 1. The molecule has 0 aliphatic rings. The summed E-state index contributed by atoms with van der Waals surface area (Å²) in [6.07, 6.45) is 6.53. The maximum atomic E-state index is 11.4. The molecule has 1 atom stereocenters. The van der Waals surface area contributed by atoms with E-state index in [1.54, 1.807) is 0 Å². The van der Waals surface area contributed by atoms with Crippen LogP contribution in [0.3, 0.4) is 0 Å². The predicted molar refractivity (Wildman–Crippen MR) is 88.2 cm³/mol. The van der Waals surface area contributed by atoms with Crippen molar-refractivity contribution >= 4 is 5.97 Å². The topological polar surface area (TPSA) is 26.3 Å². The summed E-state index contributed by atoms with van der Waals surface area (Å²) in [5, 5.41) is 0. The first kappa shape index (κ1) is 17.5. The summed E-state index contributed by atoms with van der Waals surface area (Å²) >= 11 is 0. The SMILES string of the molecule is C=C(CCCC(C)CCCc1ccccc1)C(=O)OCC. The largest absolute Gasteiger partial charge is 0.463 e. The molecule has 0 radical (unpaired) electrons. The van der Waals surface area contributed by atoms with E-state index in [0.29, 0.717) is 18.1 Å². The number of hydrogen-bond acceptors (Lipinski definition) is 2. The van der Waals surface area contributed by atoms with Gasteiger partial charge in [0.15, 0.2) is 0 Å². The Kier molecular flexibility index (Phi) is 8.49. The van der Waals surface area contributed by atoms with Gasteiger partial charge in [-0.2, -0.15) is 0 Å². The van der Waals surface area contributed by atoms with E-state index in [0.717, 1.165) is 25.7 Å². The zero-order chi connectivity index (χ0) is 15.5. The molecule has 0 fully saturated rings. The fourth-order valence-corrected chi connectivity index (χ4v) is 2.44. The number of benzene rings is 1. The minimum atomic E-state index is -0.241. The van der Waals surface area contributed by atoms with Crippen molar-refractivity contribution in [3.8, 4) is 0 Å². The normalized spacial score (nSPS) is 11.9. The van der Waals surface area contributed by atoms with E-state index in [1.807, 2.05) is 6.92 Å². The average Bonchev–Trinajstić information content (AvgIpc) is 2.48. The number of carbonyl (C=O) groups excluding carboxylic acids is 1. The smallest absolute Gasteiger partial charge is 0.333 e. The van der Waals surface area contributed by atoms with Crippen LogP contribution < -0.4 is 0 Å². The van der Waals surface area contributed by atoms with Gasteiger partial charge in [0, 0.05) is 5.57 Å². The quantitative estimate of drug-likeness (QED) is 0.450. The van der Waals surface area contributed by atoms with E-state index >= 15 is 0 Å². The maximum absolute atomic E-state index is 11.4. The van der Waals surface area contributed by atoms with Crippen molar-refractivity contribution < 1.29 is 9.53 Å². The van der Waals surface area contributed by atoms with Crippen LogP contribution in [0.25, 0.3) is 0 Å². The Balaban J connectivity index is 2.10. The zero-order valence-corrected chi connectivity index (χ0v) is 13.4. The fraction of sp³-hybridized carbons (Fsp3) is 0.526. The summed E-state index contributed by atoms with van der Waals surface area (Å²) < 4.78 is 4.94. The highest BCUT2D eigenvalue weighted by Gasteiger charge is 2.08. The molecule has 0 saturated carbocycles. The molecule has 0 N–H and O–H groups in total. The molecule has 2 nitrogen and oxygen atoms in total. The number of hydrogen-bond donors (Lipinski definition) is 0. The van der Waals surface area contributed by atoms with Crippen molar-refractivity contribution in [2.75, 3.05) is 6.61 Å². The third-order valence-electron chi connectivity index (χ3n) is 3.74. The highest BCUT2D eigenvalue weighted by Crippen LogP contribution is 2.18. The molecule has 0 aromatic heterocycles. The van der Waals surface area contributed by atoms with Gasteiger partial charge in [0.05, 0.1) is 6.61 Å². The van der Waals surface area contributed by atoms with Gasteiger partial charge in [-0.3, -0.25) is 0 Å². The summed E-state index contributed by atoms with van der Waals surface area (Å²) in [6, 6.07) is 10.6. The molecule has 116 valence electrons. The Labute approximate surface area is 129 Å². The molecule has 1 aromatic rings. The van der Waals surface area contributed by atoms with Crippen molar-refractivity contribution in [2.24, 2.45) is 5.92 Å². The zero-order valence-electron chi connectivity index (χ0n) is 13.4. The predicted octanol–water partition coefficient (Wildman–Crippen LogP) is 4.94. The van der Waals surface area contributed by atoms with Crippen LogP contribution >= 0.6 is 0 Å². The summed E-state index contributed by atoms with van der Waals surface area (Å²) in [4.78, 5) is 11.4. The lowest BCUT2D eigenvalue weighted by atomic mass is 9.95. The second-order valence-corrected chi connectivity index (χ2v) is 5.70. The summed E-state index contributed by atoms with van der Waals surface area (Å²) in [6.45, 7) is 8.33. The van der Waals surface area contributed by atoms with E-state index in [2.05, 4.69) is 43.8 Å². The van der Waals surface area contributed by atoms with Gasteiger partial charge in [-0.25, -0.2) is 4.79 Å². The number of rotatable bonds is 10. The van der Waals surface area contributed by atoms with Crippen LogP contribution in [-0.4, -0.2) is 12.6 Å². The summed E-state index contributed by atoms with van der Waals surface area (Å²) in [5.74, 6) is 0.456. The second-order valence-electron chi connectivity index (χ2n) is 5.70. The molecule has 0 amide bonds. The maximum Gasteiger partial charge on any atom is 0.333 e. The third-order valence-corrected chi connectivity index (χ3v) is 3.74. The van der Waals surface area contributed by atoms with Gasteiger partial charge >= 0.3 is 5.97 Å². The molecule has 0 heterocycles. The highest BCUT2D eigenvalue weighted by molar-refractivity contribution is 5.87. The molecule has 0 aliphatic carbocycles. The lowest BCUT2D eigenvalue weighted by molar-refractivity contribution is -0.138. The monoisotopic (exact) mass is 288 g/mol. The molecular weight excluding hydrogens is 260 g/mol. The summed E-state index contributed by atoms with van der Waals surface area (Å²) in [5.41, 5.74) is 2.02. The minimum Gasteiger partial charge on any atom is -0.463 e. The van der Waals surface area contributed by atoms with Crippen LogP contribution in [0.4, 0.5) is 0 Å². The van der Waals surface area contributed by atoms with E-state index in [9.17, 15) is 4.79 Å². The van der Waals surface area contributed by atoms with Crippen molar-refractivity contribution in [3.05, 3.63) is 48.0 Å². The Morgan fingerprint density at radius 2 is 1.86 bits per heavy atom. The van der Waals surface area contributed by atoms with Gasteiger partial charge in [-0.05, 0) is 44.1 Å². The molecule has 0 aliphatic heterocycles. The Morgan fingerprint density at radius 1 is 1.19 bits per heavy atom.